The van der Waals surface area contributed by atoms with Crippen LogP contribution in [0.25, 0.3) is 6.08 Å². The van der Waals surface area contributed by atoms with Crippen molar-refractivity contribution in [2.45, 2.75) is 43.8 Å². The van der Waals surface area contributed by atoms with Crippen LogP contribution in [0.2, 0.25) is 0 Å². The van der Waals surface area contributed by atoms with Crippen molar-refractivity contribution in [1.82, 2.24) is 14.5 Å². The highest BCUT2D eigenvalue weighted by Crippen LogP contribution is 2.41. The average Bonchev–Trinajstić information content (AvgIpc) is 3.58. The molecule has 1 aliphatic heterocycles. The van der Waals surface area contributed by atoms with E-state index in [1.165, 1.54) is 43.5 Å². The summed E-state index contributed by atoms with van der Waals surface area (Å²) in [5, 5.41) is 3.87. The molecule has 1 saturated heterocycles. The van der Waals surface area contributed by atoms with Crippen molar-refractivity contribution in [3.63, 3.8) is 0 Å². The minimum Gasteiger partial charge on any atom is -0.311 e. The maximum atomic E-state index is 11.9. The van der Waals surface area contributed by atoms with Gasteiger partial charge in [-0.1, -0.05) is 54.6 Å². The lowest BCUT2D eigenvalue weighted by molar-refractivity contribution is -0.120. The Bertz CT molecular complexity index is 1080. The molecule has 1 amide bonds. The molecular formula is C26H33N3O3S. The zero-order chi connectivity index (χ0) is 23.4. The van der Waals surface area contributed by atoms with Gasteiger partial charge in [-0.2, -0.15) is 0 Å². The van der Waals surface area contributed by atoms with Gasteiger partial charge in [0, 0.05) is 37.7 Å². The van der Waals surface area contributed by atoms with Crippen LogP contribution in [0, 0.1) is 0 Å². The molecule has 6 nitrogen and oxygen atoms in total. The molecule has 0 aromatic heterocycles. The summed E-state index contributed by atoms with van der Waals surface area (Å²) in [5.74, 6) is 0.123. The molecule has 1 saturated carbocycles. The number of piperidine rings is 1. The fourth-order valence-electron chi connectivity index (χ4n) is 4.44. The van der Waals surface area contributed by atoms with Gasteiger partial charge < -0.3 is 5.32 Å². The third kappa shape index (κ3) is 6.53. The molecular weight excluding hydrogens is 434 g/mol. The van der Waals surface area contributed by atoms with Crippen molar-refractivity contribution in [2.75, 3.05) is 26.4 Å². The number of likely N-dealkylation sites (N-methyl/N-ethyl adjacent to an activating group) is 1. The summed E-state index contributed by atoms with van der Waals surface area (Å²) in [6.45, 7) is 3.10. The van der Waals surface area contributed by atoms with E-state index in [9.17, 15) is 13.2 Å². The molecule has 2 fully saturated rings. The monoisotopic (exact) mass is 467 g/mol. The number of sulfonamides is 1. The third-order valence-corrected chi connectivity index (χ3v) is 7.84. The second-order valence-electron chi connectivity index (χ2n) is 9.22. The molecule has 7 heteroatoms. The van der Waals surface area contributed by atoms with Gasteiger partial charge in [-0.15, -0.1) is 0 Å². The Hall–Kier alpha value is -2.48. The summed E-state index contributed by atoms with van der Waals surface area (Å²) in [6, 6.07) is 20.1. The molecule has 2 aromatic rings. The fourth-order valence-corrected chi connectivity index (χ4v) is 4.82. The third-order valence-electron chi connectivity index (χ3n) is 6.67. The Labute approximate surface area is 197 Å². The van der Waals surface area contributed by atoms with Gasteiger partial charge in [-0.3, -0.25) is 9.69 Å². The molecule has 0 radical (unpaired) electrons. The topological polar surface area (TPSA) is 69.7 Å². The number of rotatable bonds is 8. The molecule has 2 atom stereocenters. The lowest BCUT2D eigenvalue weighted by Gasteiger charge is -2.32. The van der Waals surface area contributed by atoms with Gasteiger partial charge in [-0.05, 0) is 55.1 Å². The second kappa shape index (κ2) is 10.2. The van der Waals surface area contributed by atoms with Crippen LogP contribution in [0.5, 0.6) is 0 Å². The molecule has 0 spiro atoms. The van der Waals surface area contributed by atoms with Gasteiger partial charge in [0.05, 0.1) is 6.26 Å². The number of nitrogens with one attached hydrogen (secondary N) is 1. The standard InChI is InChI=1S/C26H33N3O3S/c1-28(33(2,31)32)26(30)13-12-20-8-10-21(11-9-20)19-29-16-14-23(15-17-29)27-25-18-24(25)22-6-4-3-5-7-22/h3-13,23-25,27H,14-19H2,1-2H3/b13-12+/t24-,25+/m0/s1. The molecule has 1 aliphatic carbocycles. The van der Waals surface area contributed by atoms with E-state index in [1.54, 1.807) is 6.08 Å². The van der Waals surface area contributed by atoms with Crippen LogP contribution in [0.3, 0.4) is 0 Å². The van der Waals surface area contributed by atoms with Crippen molar-refractivity contribution in [2.24, 2.45) is 0 Å². The average molecular weight is 468 g/mol. The largest absolute Gasteiger partial charge is 0.311 e. The van der Waals surface area contributed by atoms with E-state index in [4.69, 9.17) is 0 Å². The normalized spacial score (nSPS) is 21.9. The summed E-state index contributed by atoms with van der Waals surface area (Å²) in [4.78, 5) is 14.4. The molecule has 2 aromatic carbocycles. The van der Waals surface area contributed by atoms with E-state index in [-0.39, 0.29) is 0 Å². The lowest BCUT2D eigenvalue weighted by Crippen LogP contribution is -2.43. The maximum absolute atomic E-state index is 11.9. The van der Waals surface area contributed by atoms with E-state index in [2.05, 4.69) is 52.7 Å². The Morgan fingerprint density at radius 1 is 1.09 bits per heavy atom. The number of amides is 1. The Balaban J connectivity index is 1.20. The molecule has 1 heterocycles. The first-order valence-electron chi connectivity index (χ1n) is 11.6. The molecule has 0 unspecified atom stereocenters. The quantitative estimate of drug-likeness (QED) is 0.604. The second-order valence-corrected chi connectivity index (χ2v) is 11.2. The highest BCUT2D eigenvalue weighted by atomic mass is 32.2. The minimum atomic E-state index is -3.53. The first kappa shape index (κ1) is 23.7. The van der Waals surface area contributed by atoms with Gasteiger partial charge in [0.15, 0.2) is 0 Å². The van der Waals surface area contributed by atoms with E-state index < -0.39 is 15.9 Å². The molecule has 33 heavy (non-hydrogen) atoms. The first-order chi connectivity index (χ1) is 15.8. The van der Waals surface area contributed by atoms with Crippen LogP contribution in [-0.2, 0) is 21.4 Å². The first-order valence-corrected chi connectivity index (χ1v) is 13.4. The zero-order valence-electron chi connectivity index (χ0n) is 19.4. The number of carbonyl (C=O) groups is 1. The number of benzene rings is 2. The zero-order valence-corrected chi connectivity index (χ0v) is 20.2. The highest BCUT2D eigenvalue weighted by molar-refractivity contribution is 7.88. The Morgan fingerprint density at radius 3 is 2.39 bits per heavy atom. The SMILES string of the molecule is CN(C(=O)/C=C/c1ccc(CN2CCC(N[C@@H]3C[C@H]3c3ccccc3)CC2)cc1)S(C)(=O)=O. The van der Waals surface area contributed by atoms with E-state index in [0.717, 1.165) is 35.8 Å². The molecule has 0 bridgehead atoms. The summed E-state index contributed by atoms with van der Waals surface area (Å²) in [6.07, 6.45) is 7.55. The van der Waals surface area contributed by atoms with Gasteiger partial charge in [-0.25, -0.2) is 12.7 Å². The van der Waals surface area contributed by atoms with Crippen molar-refractivity contribution in [3.05, 3.63) is 77.4 Å². The van der Waals surface area contributed by atoms with Crippen molar-refractivity contribution in [1.29, 1.82) is 0 Å². The Morgan fingerprint density at radius 2 is 1.76 bits per heavy atom. The van der Waals surface area contributed by atoms with Crippen molar-refractivity contribution < 1.29 is 13.2 Å². The van der Waals surface area contributed by atoms with Gasteiger partial charge in [0.1, 0.15) is 0 Å². The van der Waals surface area contributed by atoms with E-state index in [0.29, 0.717) is 18.0 Å². The summed E-state index contributed by atoms with van der Waals surface area (Å²) in [7, 11) is -2.27. The molecule has 176 valence electrons. The van der Waals surface area contributed by atoms with Gasteiger partial charge in [0.2, 0.25) is 10.0 Å². The van der Waals surface area contributed by atoms with Crippen LogP contribution >= 0.6 is 0 Å². The number of hydrogen-bond acceptors (Lipinski definition) is 5. The predicted molar refractivity (Wildman–Crippen MR) is 132 cm³/mol. The van der Waals surface area contributed by atoms with Crippen LogP contribution in [0.1, 0.15) is 41.9 Å². The number of likely N-dealkylation sites (tertiary alicyclic amines) is 1. The number of carbonyl (C=O) groups excluding carboxylic acids is 1. The van der Waals surface area contributed by atoms with Crippen molar-refractivity contribution >= 4 is 22.0 Å². The van der Waals surface area contributed by atoms with Gasteiger partial charge in [0.25, 0.3) is 5.91 Å². The summed E-state index contributed by atoms with van der Waals surface area (Å²) in [5.41, 5.74) is 3.57. The van der Waals surface area contributed by atoms with Gasteiger partial charge >= 0.3 is 0 Å². The Kier molecular flexibility index (Phi) is 7.32. The van der Waals surface area contributed by atoms with Crippen LogP contribution < -0.4 is 5.32 Å². The summed E-state index contributed by atoms with van der Waals surface area (Å²) >= 11 is 0. The van der Waals surface area contributed by atoms with Crippen LogP contribution in [0.4, 0.5) is 0 Å². The smallest absolute Gasteiger partial charge is 0.259 e. The molecule has 2 aliphatic rings. The maximum Gasteiger partial charge on any atom is 0.259 e. The van der Waals surface area contributed by atoms with E-state index in [1.807, 2.05) is 12.1 Å². The summed E-state index contributed by atoms with van der Waals surface area (Å²) < 4.78 is 23.6. The number of nitrogens with zero attached hydrogens (tertiary/aromatic N) is 2. The minimum absolute atomic E-state index is 0.556. The molecule has 1 N–H and O–H groups in total. The predicted octanol–water partition coefficient (Wildman–Crippen LogP) is 3.23. The number of hydrogen-bond donors (Lipinski definition) is 1. The fraction of sp³-hybridized carbons (Fsp3) is 0.423. The molecule has 4 rings (SSSR count). The van der Waals surface area contributed by atoms with Crippen LogP contribution in [-0.4, -0.2) is 62.0 Å². The highest BCUT2D eigenvalue weighted by Gasteiger charge is 2.39. The lowest BCUT2D eigenvalue weighted by atomic mass is 10.0. The van der Waals surface area contributed by atoms with E-state index >= 15 is 0 Å². The van der Waals surface area contributed by atoms with Crippen LogP contribution in [0.15, 0.2) is 60.7 Å². The van der Waals surface area contributed by atoms with Crippen molar-refractivity contribution in [3.8, 4) is 0 Å².